The number of thioether (sulfide) groups is 1. The first kappa shape index (κ1) is 19.1. The first-order valence-electron chi connectivity index (χ1n) is 8.44. The lowest BCUT2D eigenvalue weighted by Gasteiger charge is -2.19. The summed E-state index contributed by atoms with van der Waals surface area (Å²) >= 11 is 2.92. The molecule has 9 heteroatoms. The maximum absolute atomic E-state index is 12.4. The Morgan fingerprint density at radius 1 is 1.30 bits per heavy atom. The largest absolute Gasteiger partial charge is 0.341 e. The minimum atomic E-state index is -0.236. The highest BCUT2D eigenvalue weighted by molar-refractivity contribution is 8.01. The number of carbonyl (C=O) groups is 1. The van der Waals surface area contributed by atoms with Gasteiger partial charge >= 0.3 is 0 Å². The summed E-state index contributed by atoms with van der Waals surface area (Å²) in [5, 5.41) is 12.0. The smallest absolute Gasteiger partial charge is 0.236 e. The monoisotopic (exact) mass is 398 g/mol. The molecule has 0 atom stereocenters. The van der Waals surface area contributed by atoms with E-state index in [1.165, 1.54) is 18.0 Å². The van der Waals surface area contributed by atoms with E-state index >= 15 is 0 Å². The second-order valence-electron chi connectivity index (χ2n) is 5.50. The molecule has 0 saturated carbocycles. The Labute approximate surface area is 165 Å². The zero-order valence-corrected chi connectivity index (χ0v) is 16.6. The Hall–Kier alpha value is -2.70. The minimum absolute atomic E-state index is 0.190. The molecule has 1 N–H and O–H groups in total. The van der Waals surface area contributed by atoms with Crippen LogP contribution < -0.4 is 10.2 Å². The van der Waals surface area contributed by atoms with Crippen molar-refractivity contribution in [2.75, 3.05) is 29.1 Å². The molecule has 2 aromatic heterocycles. The Morgan fingerprint density at radius 3 is 2.78 bits per heavy atom. The normalized spacial score (nSPS) is 10.6. The maximum Gasteiger partial charge on any atom is 0.236 e. The van der Waals surface area contributed by atoms with Crippen LogP contribution in [0.15, 0.2) is 34.8 Å². The van der Waals surface area contributed by atoms with E-state index in [9.17, 15) is 10.1 Å². The van der Waals surface area contributed by atoms with Gasteiger partial charge in [0.05, 0.1) is 22.2 Å². The molecular formula is C18H18N6OS2. The van der Waals surface area contributed by atoms with Crippen LogP contribution in [-0.2, 0) is 4.79 Å². The van der Waals surface area contributed by atoms with E-state index in [4.69, 9.17) is 0 Å². The average molecular weight is 399 g/mol. The summed E-state index contributed by atoms with van der Waals surface area (Å²) in [4.78, 5) is 27.4. The van der Waals surface area contributed by atoms with E-state index < -0.39 is 0 Å². The van der Waals surface area contributed by atoms with Gasteiger partial charge in [0.25, 0.3) is 0 Å². The summed E-state index contributed by atoms with van der Waals surface area (Å²) in [5.41, 5.74) is 1.17. The van der Waals surface area contributed by atoms with E-state index in [1.54, 1.807) is 11.3 Å². The van der Waals surface area contributed by atoms with Crippen molar-refractivity contribution >= 4 is 51.0 Å². The third kappa shape index (κ3) is 4.53. The van der Waals surface area contributed by atoms with Crippen LogP contribution in [0.2, 0.25) is 0 Å². The van der Waals surface area contributed by atoms with E-state index in [0.717, 1.165) is 27.6 Å². The molecule has 0 fully saturated rings. The van der Waals surface area contributed by atoms with Crippen LogP contribution in [0, 0.1) is 11.3 Å². The Kier molecular flexibility index (Phi) is 6.21. The van der Waals surface area contributed by atoms with Gasteiger partial charge in [-0.3, -0.25) is 4.79 Å². The van der Waals surface area contributed by atoms with Crippen LogP contribution in [0.5, 0.6) is 0 Å². The van der Waals surface area contributed by atoms with Gasteiger partial charge in [0.15, 0.2) is 10.2 Å². The highest BCUT2D eigenvalue weighted by Gasteiger charge is 2.14. The second-order valence-corrected chi connectivity index (χ2v) is 7.75. The molecule has 0 bridgehead atoms. The van der Waals surface area contributed by atoms with Crippen molar-refractivity contribution in [2.24, 2.45) is 0 Å². The molecule has 0 saturated heterocycles. The van der Waals surface area contributed by atoms with Gasteiger partial charge in [-0.1, -0.05) is 23.9 Å². The number of nitrogens with zero attached hydrogens (tertiary/aromatic N) is 5. The average Bonchev–Trinajstić information content (AvgIpc) is 3.11. The summed E-state index contributed by atoms with van der Waals surface area (Å²) in [6, 6.07) is 9.88. The van der Waals surface area contributed by atoms with Crippen molar-refractivity contribution in [2.45, 2.75) is 18.2 Å². The predicted molar refractivity (Wildman–Crippen MR) is 109 cm³/mol. The molecule has 3 rings (SSSR count). The number of amides is 1. The molecule has 3 aromatic rings. The quantitative estimate of drug-likeness (QED) is 0.608. The summed E-state index contributed by atoms with van der Waals surface area (Å²) < 4.78 is 1.92. The molecule has 27 heavy (non-hydrogen) atoms. The first-order valence-corrected chi connectivity index (χ1v) is 10.2. The summed E-state index contributed by atoms with van der Waals surface area (Å²) in [7, 11) is 0. The van der Waals surface area contributed by atoms with Gasteiger partial charge < -0.3 is 10.2 Å². The number of hydrogen-bond donors (Lipinski definition) is 1. The van der Waals surface area contributed by atoms with Gasteiger partial charge in [0, 0.05) is 13.1 Å². The number of nitrogens with one attached hydrogen (secondary N) is 1. The van der Waals surface area contributed by atoms with Crippen molar-refractivity contribution in [3.05, 3.63) is 36.0 Å². The summed E-state index contributed by atoms with van der Waals surface area (Å²) in [6.45, 7) is 5.47. The Morgan fingerprint density at radius 2 is 2.07 bits per heavy atom. The standard InChI is InChI=1S/C18H18N6OS2/c1-3-24(4-2)17-20-10-12(9-19)16(23-17)22-15(25)11-26-18-21-13-7-5-6-8-14(13)27-18/h5-8,10H,3-4,11H2,1-2H3,(H,20,22,23,25). The van der Waals surface area contributed by atoms with Crippen molar-refractivity contribution in [1.29, 1.82) is 5.26 Å². The van der Waals surface area contributed by atoms with Crippen LogP contribution in [-0.4, -0.2) is 39.7 Å². The van der Waals surface area contributed by atoms with Crippen LogP contribution in [0.4, 0.5) is 11.8 Å². The summed E-state index contributed by atoms with van der Waals surface area (Å²) in [6.07, 6.45) is 1.44. The topological polar surface area (TPSA) is 94.8 Å². The van der Waals surface area contributed by atoms with Gasteiger partial charge in [-0.25, -0.2) is 9.97 Å². The number of aromatic nitrogens is 3. The molecule has 0 radical (unpaired) electrons. The van der Waals surface area contributed by atoms with Crippen molar-refractivity contribution in [1.82, 2.24) is 15.0 Å². The van der Waals surface area contributed by atoms with Gasteiger partial charge in [0.2, 0.25) is 11.9 Å². The van der Waals surface area contributed by atoms with Gasteiger partial charge in [-0.15, -0.1) is 11.3 Å². The highest BCUT2D eigenvalue weighted by atomic mass is 32.2. The van der Waals surface area contributed by atoms with Crippen molar-refractivity contribution in [3.63, 3.8) is 0 Å². The lowest BCUT2D eigenvalue weighted by Crippen LogP contribution is -2.25. The lowest BCUT2D eigenvalue weighted by molar-refractivity contribution is -0.113. The van der Waals surface area contributed by atoms with E-state index in [2.05, 4.69) is 20.3 Å². The first-order chi connectivity index (χ1) is 13.1. The number of nitriles is 1. The Bertz CT molecular complexity index is 960. The van der Waals surface area contributed by atoms with Crippen LogP contribution in [0.25, 0.3) is 10.2 Å². The fourth-order valence-electron chi connectivity index (χ4n) is 2.42. The fraction of sp³-hybridized carbons (Fsp3) is 0.278. The van der Waals surface area contributed by atoms with Gasteiger partial charge in [-0.05, 0) is 26.0 Å². The molecule has 1 aromatic carbocycles. The molecule has 0 aliphatic rings. The molecule has 0 spiro atoms. The number of rotatable bonds is 7. The molecule has 0 aliphatic carbocycles. The van der Waals surface area contributed by atoms with Crippen molar-refractivity contribution < 1.29 is 4.79 Å². The van der Waals surface area contributed by atoms with Crippen LogP contribution in [0.3, 0.4) is 0 Å². The van der Waals surface area contributed by atoms with Crippen LogP contribution >= 0.6 is 23.1 Å². The summed E-state index contributed by atoms with van der Waals surface area (Å²) in [5.74, 6) is 0.687. The number of para-hydroxylation sites is 1. The molecule has 2 heterocycles. The third-order valence-electron chi connectivity index (χ3n) is 3.80. The molecule has 0 aliphatic heterocycles. The number of carbonyl (C=O) groups excluding carboxylic acids is 1. The zero-order chi connectivity index (χ0) is 19.2. The number of benzene rings is 1. The minimum Gasteiger partial charge on any atom is -0.341 e. The second kappa shape index (κ2) is 8.79. The predicted octanol–water partition coefficient (Wildman–Crippen LogP) is 3.53. The number of fused-ring (bicyclic) bond motifs is 1. The van der Waals surface area contributed by atoms with E-state index in [-0.39, 0.29) is 23.0 Å². The molecular weight excluding hydrogens is 380 g/mol. The van der Waals surface area contributed by atoms with Gasteiger partial charge in [-0.2, -0.15) is 10.2 Å². The van der Waals surface area contributed by atoms with Gasteiger partial charge in [0.1, 0.15) is 11.6 Å². The third-order valence-corrected chi connectivity index (χ3v) is 5.98. The molecule has 0 unspecified atom stereocenters. The number of anilines is 2. The number of hydrogen-bond acceptors (Lipinski definition) is 8. The maximum atomic E-state index is 12.4. The number of thiazole rings is 1. The van der Waals surface area contributed by atoms with Crippen LogP contribution in [0.1, 0.15) is 19.4 Å². The van der Waals surface area contributed by atoms with Crippen molar-refractivity contribution in [3.8, 4) is 6.07 Å². The fourth-order valence-corrected chi connectivity index (χ4v) is 4.29. The molecule has 1 amide bonds. The molecule has 138 valence electrons. The zero-order valence-electron chi connectivity index (χ0n) is 15.0. The van der Waals surface area contributed by atoms with E-state index in [1.807, 2.05) is 49.1 Å². The lowest BCUT2D eigenvalue weighted by atomic mass is 10.3. The molecule has 7 nitrogen and oxygen atoms in total. The Balaban J connectivity index is 1.69. The van der Waals surface area contributed by atoms with E-state index in [0.29, 0.717) is 5.95 Å². The highest BCUT2D eigenvalue weighted by Crippen LogP contribution is 2.29. The SMILES string of the molecule is CCN(CC)c1ncc(C#N)c(NC(=O)CSc2nc3ccccc3s2)n1.